The molecule has 3 N–H and O–H groups in total. The molecule has 1 saturated carbocycles. The average molecular weight is 381 g/mol. The zero-order valence-electron chi connectivity index (χ0n) is 16.1. The summed E-state index contributed by atoms with van der Waals surface area (Å²) in [6.07, 6.45) is 2.22. The number of hydrogen-bond acceptors (Lipinski definition) is 5. The highest BCUT2D eigenvalue weighted by molar-refractivity contribution is 6.06. The first-order chi connectivity index (χ1) is 11.8. The van der Waals surface area contributed by atoms with Crippen LogP contribution in [0.3, 0.4) is 0 Å². The Kier molecular flexibility index (Phi) is 5.98. The van der Waals surface area contributed by atoms with Crippen LogP contribution < -0.4 is 11.1 Å². The Morgan fingerprint density at radius 3 is 2.54 bits per heavy atom. The zero-order chi connectivity index (χ0) is 18.4. The minimum Gasteiger partial charge on any atom is -0.345 e. The van der Waals surface area contributed by atoms with Gasteiger partial charge >= 0.3 is 0 Å². The molecule has 0 aromatic carbocycles. The van der Waals surface area contributed by atoms with Crippen LogP contribution in [-0.4, -0.2) is 28.1 Å². The minimum absolute atomic E-state index is 0. The van der Waals surface area contributed by atoms with E-state index < -0.39 is 5.54 Å². The van der Waals surface area contributed by atoms with Gasteiger partial charge in [-0.1, -0.05) is 32.9 Å². The largest absolute Gasteiger partial charge is 0.345 e. The van der Waals surface area contributed by atoms with Gasteiger partial charge in [0.05, 0.1) is 22.2 Å². The maximum atomic E-state index is 13.1. The zero-order valence-corrected chi connectivity index (χ0v) is 16.9. The SMILES string of the molecule is CC(C)c1noc2nc(C3CC3)cc(C(=O)NC(C)(CN)C(C)C)c12.Cl. The summed E-state index contributed by atoms with van der Waals surface area (Å²) in [5, 5.41) is 8.02. The van der Waals surface area contributed by atoms with Gasteiger partial charge in [-0.2, -0.15) is 0 Å². The van der Waals surface area contributed by atoms with Crippen molar-refractivity contribution in [2.75, 3.05) is 6.54 Å². The molecule has 2 aromatic heterocycles. The standard InChI is InChI=1S/C19H28N4O2.ClH/c1-10(2)16-15-13(17(24)22-19(5,9-20)11(3)4)8-14(12-6-7-12)21-18(15)25-23-16;/h8,10-12H,6-7,9,20H2,1-5H3,(H,22,24);1H. The molecule has 7 heteroatoms. The van der Waals surface area contributed by atoms with Crippen molar-refractivity contribution in [3.63, 3.8) is 0 Å². The summed E-state index contributed by atoms with van der Waals surface area (Å²) in [4.78, 5) is 17.7. The van der Waals surface area contributed by atoms with Crippen molar-refractivity contribution in [1.82, 2.24) is 15.5 Å². The molecule has 2 heterocycles. The minimum atomic E-state index is -0.471. The van der Waals surface area contributed by atoms with E-state index in [0.717, 1.165) is 29.6 Å². The van der Waals surface area contributed by atoms with Crippen LogP contribution in [0.5, 0.6) is 0 Å². The first kappa shape index (κ1) is 20.6. The first-order valence-corrected chi connectivity index (χ1v) is 9.09. The Hall–Kier alpha value is -1.66. The van der Waals surface area contributed by atoms with Crippen LogP contribution in [-0.2, 0) is 0 Å². The summed E-state index contributed by atoms with van der Waals surface area (Å²) in [5.41, 5.74) is 8.21. The Bertz CT molecular complexity index is 798. The fourth-order valence-corrected chi connectivity index (χ4v) is 2.91. The van der Waals surface area contributed by atoms with Crippen molar-refractivity contribution in [2.45, 2.75) is 64.8 Å². The second-order valence-electron chi connectivity index (χ2n) is 8.00. The highest BCUT2D eigenvalue weighted by atomic mass is 35.5. The van der Waals surface area contributed by atoms with E-state index in [-0.39, 0.29) is 30.2 Å². The van der Waals surface area contributed by atoms with Gasteiger partial charge in [0, 0.05) is 18.2 Å². The van der Waals surface area contributed by atoms with Crippen molar-refractivity contribution in [3.8, 4) is 0 Å². The monoisotopic (exact) mass is 380 g/mol. The molecular weight excluding hydrogens is 352 g/mol. The van der Waals surface area contributed by atoms with Crippen LogP contribution in [0.25, 0.3) is 11.1 Å². The number of carbonyl (C=O) groups is 1. The van der Waals surface area contributed by atoms with Crippen molar-refractivity contribution in [2.24, 2.45) is 11.7 Å². The summed E-state index contributed by atoms with van der Waals surface area (Å²) >= 11 is 0. The van der Waals surface area contributed by atoms with Gasteiger partial charge in [0.2, 0.25) is 0 Å². The third kappa shape index (κ3) is 3.71. The van der Waals surface area contributed by atoms with Crippen LogP contribution in [0.15, 0.2) is 10.6 Å². The van der Waals surface area contributed by atoms with E-state index in [0.29, 0.717) is 23.7 Å². The summed E-state index contributed by atoms with van der Waals surface area (Å²) in [6.45, 7) is 10.5. The normalized spacial score (nSPS) is 16.6. The fraction of sp³-hybridized carbons (Fsp3) is 0.632. The molecule has 1 atom stereocenters. The molecular formula is C19H29ClN4O2. The maximum absolute atomic E-state index is 13.1. The van der Waals surface area contributed by atoms with E-state index in [9.17, 15) is 4.79 Å². The summed E-state index contributed by atoms with van der Waals surface area (Å²) in [5.74, 6) is 0.650. The quantitative estimate of drug-likeness (QED) is 0.795. The molecule has 0 saturated heterocycles. The van der Waals surface area contributed by atoms with Gasteiger partial charge in [-0.3, -0.25) is 4.79 Å². The number of rotatable bonds is 6. The number of carbonyl (C=O) groups excluding carboxylic acids is 1. The summed E-state index contributed by atoms with van der Waals surface area (Å²) in [7, 11) is 0. The van der Waals surface area contributed by atoms with Crippen LogP contribution in [0.2, 0.25) is 0 Å². The van der Waals surface area contributed by atoms with Crippen LogP contribution in [0, 0.1) is 5.92 Å². The number of pyridine rings is 1. The maximum Gasteiger partial charge on any atom is 0.259 e. The van der Waals surface area contributed by atoms with E-state index in [1.54, 1.807) is 0 Å². The van der Waals surface area contributed by atoms with E-state index in [1.165, 1.54) is 0 Å². The van der Waals surface area contributed by atoms with Crippen LogP contribution in [0.4, 0.5) is 0 Å². The molecule has 0 aliphatic heterocycles. The highest BCUT2D eigenvalue weighted by Gasteiger charge is 2.33. The lowest BCUT2D eigenvalue weighted by molar-refractivity contribution is 0.0884. The van der Waals surface area contributed by atoms with E-state index >= 15 is 0 Å². The molecule has 1 fully saturated rings. The van der Waals surface area contributed by atoms with Crippen LogP contribution >= 0.6 is 12.4 Å². The fourth-order valence-electron chi connectivity index (χ4n) is 2.91. The molecule has 0 radical (unpaired) electrons. The molecule has 26 heavy (non-hydrogen) atoms. The second kappa shape index (κ2) is 7.53. The first-order valence-electron chi connectivity index (χ1n) is 9.09. The number of aromatic nitrogens is 2. The Balaban J connectivity index is 0.00000243. The third-order valence-corrected chi connectivity index (χ3v) is 5.38. The lowest BCUT2D eigenvalue weighted by Gasteiger charge is -2.33. The van der Waals surface area contributed by atoms with Crippen molar-refractivity contribution in [1.29, 1.82) is 0 Å². The van der Waals surface area contributed by atoms with Gasteiger partial charge in [-0.05, 0) is 37.7 Å². The summed E-state index contributed by atoms with van der Waals surface area (Å²) in [6, 6.07) is 1.91. The number of fused-ring (bicyclic) bond motifs is 1. The Morgan fingerprint density at radius 2 is 2.04 bits per heavy atom. The molecule has 144 valence electrons. The lowest BCUT2D eigenvalue weighted by Crippen LogP contribution is -2.55. The smallest absolute Gasteiger partial charge is 0.259 e. The lowest BCUT2D eigenvalue weighted by atomic mass is 9.88. The molecule has 2 aromatic rings. The van der Waals surface area contributed by atoms with Crippen LogP contribution in [0.1, 0.15) is 81.0 Å². The van der Waals surface area contributed by atoms with Gasteiger partial charge < -0.3 is 15.6 Å². The average Bonchev–Trinajstić information content (AvgIpc) is 3.32. The number of amides is 1. The van der Waals surface area contributed by atoms with Crippen molar-refractivity contribution < 1.29 is 9.32 Å². The Morgan fingerprint density at radius 1 is 1.38 bits per heavy atom. The molecule has 1 aliphatic carbocycles. The number of nitrogens with one attached hydrogen (secondary N) is 1. The number of nitrogens with two attached hydrogens (primary N) is 1. The third-order valence-electron chi connectivity index (χ3n) is 5.38. The number of hydrogen-bond donors (Lipinski definition) is 2. The number of halogens is 1. The Labute approximate surface area is 160 Å². The van der Waals surface area contributed by atoms with Gasteiger partial charge in [0.15, 0.2) is 0 Å². The molecule has 0 spiro atoms. The molecule has 6 nitrogen and oxygen atoms in total. The van der Waals surface area contributed by atoms with Crippen molar-refractivity contribution >= 4 is 29.4 Å². The van der Waals surface area contributed by atoms with Gasteiger partial charge in [0.25, 0.3) is 11.6 Å². The molecule has 3 rings (SSSR count). The van der Waals surface area contributed by atoms with E-state index in [1.807, 2.05) is 26.8 Å². The second-order valence-corrected chi connectivity index (χ2v) is 8.00. The topological polar surface area (TPSA) is 94.0 Å². The summed E-state index contributed by atoms with van der Waals surface area (Å²) < 4.78 is 5.46. The predicted octanol–water partition coefficient (Wildman–Crippen LogP) is 3.75. The number of nitrogens with zero attached hydrogens (tertiary/aromatic N) is 2. The van der Waals surface area contributed by atoms with E-state index in [2.05, 4.69) is 29.3 Å². The van der Waals surface area contributed by atoms with E-state index in [4.69, 9.17) is 10.3 Å². The van der Waals surface area contributed by atoms with Gasteiger partial charge in [-0.25, -0.2) is 4.98 Å². The van der Waals surface area contributed by atoms with Gasteiger partial charge in [0.1, 0.15) is 0 Å². The highest BCUT2D eigenvalue weighted by Crippen LogP contribution is 2.41. The molecule has 1 aliphatic rings. The van der Waals surface area contributed by atoms with Crippen molar-refractivity contribution in [3.05, 3.63) is 23.0 Å². The molecule has 1 amide bonds. The molecule has 0 bridgehead atoms. The molecule has 1 unspecified atom stereocenters. The predicted molar refractivity (Wildman–Crippen MR) is 105 cm³/mol. The van der Waals surface area contributed by atoms with Gasteiger partial charge in [-0.15, -0.1) is 12.4 Å².